The van der Waals surface area contributed by atoms with Crippen LogP contribution in [-0.2, 0) is 18.2 Å². The van der Waals surface area contributed by atoms with Crippen molar-refractivity contribution in [3.05, 3.63) is 12.2 Å². The number of nitrogens with zero attached hydrogens (tertiary/aromatic N) is 3. The number of hydrogen-bond acceptors (Lipinski definition) is 4. The van der Waals surface area contributed by atoms with Crippen LogP contribution in [0.25, 0.3) is 0 Å². The first-order valence-corrected chi connectivity index (χ1v) is 4.87. The van der Waals surface area contributed by atoms with Crippen molar-refractivity contribution in [1.82, 2.24) is 20.1 Å². The fourth-order valence-corrected chi connectivity index (χ4v) is 1.22. The summed E-state index contributed by atoms with van der Waals surface area (Å²) in [4.78, 5) is 4.15. The molecule has 0 unspecified atom stereocenters. The van der Waals surface area contributed by atoms with Crippen LogP contribution in [0.4, 0.5) is 0 Å². The van der Waals surface area contributed by atoms with E-state index >= 15 is 0 Å². The molecule has 5 heteroatoms. The number of ether oxygens (including phenoxy) is 1. The van der Waals surface area contributed by atoms with Crippen LogP contribution in [-0.4, -0.2) is 41.6 Å². The maximum atomic E-state index is 4.92. The van der Waals surface area contributed by atoms with E-state index in [0.717, 1.165) is 38.4 Å². The molecule has 0 saturated carbocycles. The zero-order valence-electron chi connectivity index (χ0n) is 8.86. The predicted molar refractivity (Wildman–Crippen MR) is 54.1 cm³/mol. The molecule has 0 spiro atoms. The smallest absolute Gasteiger partial charge is 0.138 e. The largest absolute Gasteiger partial charge is 0.383 e. The highest BCUT2D eigenvalue weighted by Crippen LogP contribution is 1.94. The first-order chi connectivity index (χ1) is 6.84. The summed E-state index contributed by atoms with van der Waals surface area (Å²) in [7, 11) is 3.63. The van der Waals surface area contributed by atoms with Crippen LogP contribution in [0.15, 0.2) is 6.33 Å². The van der Waals surface area contributed by atoms with E-state index in [1.165, 1.54) is 0 Å². The van der Waals surface area contributed by atoms with Gasteiger partial charge in [-0.05, 0) is 13.0 Å². The van der Waals surface area contributed by atoms with Crippen molar-refractivity contribution >= 4 is 0 Å². The van der Waals surface area contributed by atoms with Gasteiger partial charge in [0.1, 0.15) is 12.2 Å². The fourth-order valence-electron chi connectivity index (χ4n) is 1.22. The zero-order chi connectivity index (χ0) is 10.2. The van der Waals surface area contributed by atoms with Crippen molar-refractivity contribution in [2.75, 3.05) is 26.8 Å². The maximum absolute atomic E-state index is 4.92. The van der Waals surface area contributed by atoms with Crippen molar-refractivity contribution in [2.45, 2.75) is 12.8 Å². The summed E-state index contributed by atoms with van der Waals surface area (Å²) >= 11 is 0. The Hall–Kier alpha value is -0.940. The summed E-state index contributed by atoms with van der Waals surface area (Å²) < 4.78 is 6.74. The third-order valence-electron chi connectivity index (χ3n) is 2.04. The van der Waals surface area contributed by atoms with Crippen LogP contribution in [0.5, 0.6) is 0 Å². The first kappa shape index (κ1) is 11.1. The maximum Gasteiger partial charge on any atom is 0.138 e. The van der Waals surface area contributed by atoms with Gasteiger partial charge < -0.3 is 10.1 Å². The van der Waals surface area contributed by atoms with Gasteiger partial charge in [0.05, 0.1) is 6.61 Å². The lowest BCUT2D eigenvalue weighted by Crippen LogP contribution is -2.21. The van der Waals surface area contributed by atoms with Crippen molar-refractivity contribution in [3.63, 3.8) is 0 Å². The molecule has 80 valence electrons. The summed E-state index contributed by atoms with van der Waals surface area (Å²) in [6.07, 6.45) is 3.64. The quantitative estimate of drug-likeness (QED) is 0.626. The van der Waals surface area contributed by atoms with E-state index < -0.39 is 0 Å². The van der Waals surface area contributed by atoms with Crippen LogP contribution in [0.2, 0.25) is 0 Å². The number of methoxy groups -OCH3 is 1. The second kappa shape index (κ2) is 6.50. The van der Waals surface area contributed by atoms with E-state index in [0.29, 0.717) is 0 Å². The van der Waals surface area contributed by atoms with E-state index in [1.807, 2.05) is 11.7 Å². The molecule has 0 radical (unpaired) electrons. The Kier molecular flexibility index (Phi) is 5.17. The number of rotatable bonds is 7. The lowest BCUT2D eigenvalue weighted by atomic mass is 10.3. The van der Waals surface area contributed by atoms with Gasteiger partial charge in [0.25, 0.3) is 0 Å². The minimum absolute atomic E-state index is 0.768. The normalized spacial score (nSPS) is 10.7. The Morgan fingerprint density at radius 2 is 2.36 bits per heavy atom. The molecule has 5 nitrogen and oxygen atoms in total. The van der Waals surface area contributed by atoms with Gasteiger partial charge in [-0.3, -0.25) is 4.68 Å². The molecule has 1 aromatic heterocycles. The second-order valence-electron chi connectivity index (χ2n) is 3.15. The summed E-state index contributed by atoms with van der Waals surface area (Å²) in [5.41, 5.74) is 0. The van der Waals surface area contributed by atoms with Crippen molar-refractivity contribution in [3.8, 4) is 0 Å². The van der Waals surface area contributed by atoms with Crippen LogP contribution in [0, 0.1) is 0 Å². The van der Waals surface area contributed by atoms with Crippen molar-refractivity contribution in [2.24, 2.45) is 7.05 Å². The molecule has 0 amide bonds. The van der Waals surface area contributed by atoms with Crippen LogP contribution < -0.4 is 5.32 Å². The minimum Gasteiger partial charge on any atom is -0.383 e. The standard InChI is InChI=1S/C9H18N4O/c1-13-9(11-8-12-13)4-3-5-10-6-7-14-2/h8,10H,3-7H2,1-2H3. The van der Waals surface area contributed by atoms with Crippen LogP contribution >= 0.6 is 0 Å². The molecule has 0 aliphatic rings. The topological polar surface area (TPSA) is 52.0 Å². The summed E-state index contributed by atoms with van der Waals surface area (Å²) in [6, 6.07) is 0. The van der Waals surface area contributed by atoms with Gasteiger partial charge in [0.15, 0.2) is 0 Å². The molecule has 0 saturated heterocycles. The van der Waals surface area contributed by atoms with E-state index in [1.54, 1.807) is 13.4 Å². The minimum atomic E-state index is 0.768. The van der Waals surface area contributed by atoms with Crippen molar-refractivity contribution < 1.29 is 4.74 Å². The Labute approximate surface area is 84.5 Å². The molecule has 0 aliphatic heterocycles. The molecule has 1 heterocycles. The Bertz CT molecular complexity index is 249. The van der Waals surface area contributed by atoms with Gasteiger partial charge >= 0.3 is 0 Å². The highest BCUT2D eigenvalue weighted by atomic mass is 16.5. The van der Waals surface area contributed by atoms with Crippen molar-refractivity contribution in [1.29, 1.82) is 0 Å². The SMILES string of the molecule is COCCNCCCc1ncnn1C. The molecular formula is C9H18N4O. The molecule has 0 fully saturated rings. The molecule has 0 bridgehead atoms. The number of nitrogens with one attached hydrogen (secondary N) is 1. The zero-order valence-corrected chi connectivity index (χ0v) is 8.86. The molecule has 0 atom stereocenters. The predicted octanol–water partition coefficient (Wildman–Crippen LogP) is -0.0163. The average Bonchev–Trinajstić information content (AvgIpc) is 2.58. The highest BCUT2D eigenvalue weighted by molar-refractivity contribution is 4.83. The van der Waals surface area contributed by atoms with E-state index in [9.17, 15) is 0 Å². The van der Waals surface area contributed by atoms with Crippen LogP contribution in [0.3, 0.4) is 0 Å². The van der Waals surface area contributed by atoms with Gasteiger partial charge in [0, 0.05) is 27.1 Å². The molecule has 1 aromatic rings. The Morgan fingerprint density at radius 3 is 3.00 bits per heavy atom. The third kappa shape index (κ3) is 3.85. The fraction of sp³-hybridized carbons (Fsp3) is 0.778. The molecular weight excluding hydrogens is 180 g/mol. The highest BCUT2D eigenvalue weighted by Gasteiger charge is 1.98. The average molecular weight is 198 g/mol. The molecule has 1 N–H and O–H groups in total. The van der Waals surface area contributed by atoms with E-state index in [4.69, 9.17) is 4.74 Å². The number of aryl methyl sites for hydroxylation is 2. The number of aromatic nitrogens is 3. The molecule has 0 aromatic carbocycles. The third-order valence-corrected chi connectivity index (χ3v) is 2.04. The Balaban J connectivity index is 2.02. The molecule has 0 aliphatic carbocycles. The summed E-state index contributed by atoms with van der Waals surface area (Å²) in [6.45, 7) is 2.68. The Morgan fingerprint density at radius 1 is 1.50 bits per heavy atom. The molecule has 14 heavy (non-hydrogen) atoms. The second-order valence-corrected chi connectivity index (χ2v) is 3.15. The van der Waals surface area contributed by atoms with Gasteiger partial charge in [-0.25, -0.2) is 4.98 Å². The van der Waals surface area contributed by atoms with Gasteiger partial charge in [0.2, 0.25) is 0 Å². The monoisotopic (exact) mass is 198 g/mol. The lowest BCUT2D eigenvalue weighted by molar-refractivity contribution is 0.199. The number of hydrogen-bond donors (Lipinski definition) is 1. The van der Waals surface area contributed by atoms with Gasteiger partial charge in [-0.2, -0.15) is 5.10 Å². The summed E-state index contributed by atoms with van der Waals surface area (Å²) in [5.74, 6) is 1.04. The summed E-state index contributed by atoms with van der Waals surface area (Å²) in [5, 5.41) is 7.30. The van der Waals surface area contributed by atoms with Gasteiger partial charge in [-0.1, -0.05) is 0 Å². The van der Waals surface area contributed by atoms with E-state index in [2.05, 4.69) is 15.4 Å². The van der Waals surface area contributed by atoms with E-state index in [-0.39, 0.29) is 0 Å². The first-order valence-electron chi connectivity index (χ1n) is 4.87. The lowest BCUT2D eigenvalue weighted by Gasteiger charge is -2.03. The molecule has 1 rings (SSSR count). The van der Waals surface area contributed by atoms with Gasteiger partial charge in [-0.15, -0.1) is 0 Å². The van der Waals surface area contributed by atoms with Crippen LogP contribution in [0.1, 0.15) is 12.2 Å².